The van der Waals surface area contributed by atoms with Gasteiger partial charge >= 0.3 is 0 Å². The van der Waals surface area contributed by atoms with Crippen LogP contribution >= 0.6 is 0 Å². The van der Waals surface area contributed by atoms with E-state index < -0.39 is 0 Å². The van der Waals surface area contributed by atoms with E-state index in [1.54, 1.807) is 7.11 Å². The number of benzene rings is 3. The second-order valence-corrected chi connectivity index (χ2v) is 9.53. The summed E-state index contributed by atoms with van der Waals surface area (Å²) < 4.78 is 13.3. The molecule has 1 heterocycles. The first-order chi connectivity index (χ1) is 17.5. The third kappa shape index (κ3) is 6.09. The second kappa shape index (κ2) is 11.8. The molecule has 0 spiro atoms. The lowest BCUT2D eigenvalue weighted by atomic mass is 9.88. The average Bonchev–Trinajstić information content (AvgIpc) is 3.25. The highest BCUT2D eigenvalue weighted by molar-refractivity contribution is 5.86. The molecule has 0 radical (unpaired) electrons. The number of carbonyl (C=O) groups is 1. The number of nitrogens with zero attached hydrogens (tertiary/aromatic N) is 1. The summed E-state index contributed by atoms with van der Waals surface area (Å²) in [5.74, 6) is 2.08. The van der Waals surface area contributed by atoms with Gasteiger partial charge in [0.05, 0.1) is 13.7 Å². The Hall–Kier alpha value is -3.73. The Bertz CT molecular complexity index is 1270. The summed E-state index contributed by atoms with van der Waals surface area (Å²) in [6, 6.07) is 24.8. The Morgan fingerprint density at radius 3 is 2.31 bits per heavy atom. The maximum atomic E-state index is 13.0. The molecule has 0 saturated heterocycles. The van der Waals surface area contributed by atoms with Gasteiger partial charge in [-0.2, -0.15) is 0 Å². The van der Waals surface area contributed by atoms with Gasteiger partial charge in [0.25, 0.3) is 0 Å². The number of fused-ring (bicyclic) bond motifs is 1. The zero-order chi connectivity index (χ0) is 25.5. The molecule has 0 bridgehead atoms. The fourth-order valence-corrected chi connectivity index (χ4v) is 4.56. The minimum Gasteiger partial charge on any atom is -0.497 e. The van der Waals surface area contributed by atoms with Gasteiger partial charge in [0.15, 0.2) is 0 Å². The Labute approximate surface area is 214 Å². The van der Waals surface area contributed by atoms with Gasteiger partial charge in [0.2, 0.25) is 5.91 Å². The fourth-order valence-electron chi connectivity index (χ4n) is 4.56. The molecule has 1 aromatic heterocycles. The van der Waals surface area contributed by atoms with Crippen molar-refractivity contribution in [2.45, 2.75) is 39.7 Å². The van der Waals surface area contributed by atoms with Crippen LogP contribution < -0.4 is 14.8 Å². The van der Waals surface area contributed by atoms with Crippen molar-refractivity contribution in [2.24, 2.45) is 5.92 Å². The SMILES string of the molecule is CCOc1ccc(C(CC(=O)NCC(C)C)c2cn(Cc3ccc(OC)cc3)c3ccccc23)cc1. The maximum absolute atomic E-state index is 13.0. The lowest BCUT2D eigenvalue weighted by Crippen LogP contribution is -2.28. The molecule has 0 aliphatic heterocycles. The Kier molecular flexibility index (Phi) is 8.32. The monoisotopic (exact) mass is 484 g/mol. The summed E-state index contributed by atoms with van der Waals surface area (Å²) >= 11 is 0. The highest BCUT2D eigenvalue weighted by Gasteiger charge is 2.23. The molecule has 0 saturated carbocycles. The molecular formula is C31H36N2O3. The van der Waals surface area contributed by atoms with Crippen LogP contribution in [-0.4, -0.2) is 30.7 Å². The first-order valence-corrected chi connectivity index (χ1v) is 12.7. The number of amides is 1. The number of methoxy groups -OCH3 is 1. The molecule has 0 aliphatic rings. The summed E-state index contributed by atoms with van der Waals surface area (Å²) in [5, 5.41) is 4.28. The number of aromatic nitrogens is 1. The van der Waals surface area contributed by atoms with Gasteiger partial charge in [-0.25, -0.2) is 0 Å². The minimum atomic E-state index is -0.0742. The van der Waals surface area contributed by atoms with Crippen LogP contribution in [0.5, 0.6) is 11.5 Å². The number of ether oxygens (including phenoxy) is 2. The smallest absolute Gasteiger partial charge is 0.220 e. The highest BCUT2D eigenvalue weighted by Crippen LogP contribution is 2.36. The molecule has 4 aromatic rings. The lowest BCUT2D eigenvalue weighted by Gasteiger charge is -2.18. The van der Waals surface area contributed by atoms with Crippen molar-refractivity contribution < 1.29 is 14.3 Å². The number of hydrogen-bond donors (Lipinski definition) is 1. The van der Waals surface area contributed by atoms with E-state index in [-0.39, 0.29) is 11.8 Å². The standard InChI is InChI=1S/C31H36N2O3/c1-5-36-26-16-12-24(13-17-26)28(18-31(34)32-19-22(2)3)29-21-33(30-9-7-6-8-27(29)30)20-23-10-14-25(35-4)15-11-23/h6-17,21-22,28H,5,18-20H2,1-4H3,(H,32,34). The van der Waals surface area contributed by atoms with E-state index in [9.17, 15) is 4.79 Å². The molecule has 4 rings (SSSR count). The number of para-hydroxylation sites is 1. The van der Waals surface area contributed by atoms with Crippen molar-refractivity contribution in [3.05, 3.63) is 95.7 Å². The molecule has 1 N–H and O–H groups in total. The summed E-state index contributed by atoms with van der Waals surface area (Å²) in [4.78, 5) is 13.0. The number of rotatable bonds is 11. The van der Waals surface area contributed by atoms with Gasteiger partial charge in [-0.1, -0.05) is 56.3 Å². The number of hydrogen-bond acceptors (Lipinski definition) is 3. The predicted octanol–water partition coefficient (Wildman–Crippen LogP) is 6.39. The van der Waals surface area contributed by atoms with Crippen LogP contribution in [0.3, 0.4) is 0 Å². The van der Waals surface area contributed by atoms with Crippen LogP contribution in [0.1, 0.15) is 49.8 Å². The van der Waals surface area contributed by atoms with E-state index >= 15 is 0 Å². The van der Waals surface area contributed by atoms with Crippen molar-refractivity contribution >= 4 is 16.8 Å². The van der Waals surface area contributed by atoms with Crippen LogP contribution in [0.2, 0.25) is 0 Å². The van der Waals surface area contributed by atoms with Crippen molar-refractivity contribution in [3.63, 3.8) is 0 Å². The van der Waals surface area contributed by atoms with Gasteiger partial charge in [-0.3, -0.25) is 4.79 Å². The van der Waals surface area contributed by atoms with E-state index in [1.807, 2.05) is 31.2 Å². The largest absolute Gasteiger partial charge is 0.497 e. The number of carbonyl (C=O) groups excluding carboxylic acids is 1. The zero-order valence-corrected chi connectivity index (χ0v) is 21.7. The van der Waals surface area contributed by atoms with Crippen LogP contribution in [-0.2, 0) is 11.3 Å². The minimum absolute atomic E-state index is 0.0644. The molecule has 1 unspecified atom stereocenters. The first kappa shape index (κ1) is 25.4. The van der Waals surface area contributed by atoms with Crippen LogP contribution in [0.15, 0.2) is 79.0 Å². The molecule has 188 valence electrons. The predicted molar refractivity (Wildman–Crippen MR) is 146 cm³/mol. The first-order valence-electron chi connectivity index (χ1n) is 12.7. The van der Waals surface area contributed by atoms with Crippen molar-refractivity contribution in [1.82, 2.24) is 9.88 Å². The summed E-state index contributed by atoms with van der Waals surface area (Å²) in [5.41, 5.74) is 4.60. The Balaban J connectivity index is 1.72. The maximum Gasteiger partial charge on any atom is 0.220 e. The molecule has 36 heavy (non-hydrogen) atoms. The van der Waals surface area contributed by atoms with Crippen LogP contribution in [0.4, 0.5) is 0 Å². The molecule has 1 atom stereocenters. The van der Waals surface area contributed by atoms with Gasteiger partial charge in [-0.05, 0) is 59.9 Å². The quantitative estimate of drug-likeness (QED) is 0.268. The third-order valence-corrected chi connectivity index (χ3v) is 6.40. The fraction of sp³-hybridized carbons (Fsp3) is 0.323. The second-order valence-electron chi connectivity index (χ2n) is 9.53. The molecule has 1 amide bonds. The van der Waals surface area contributed by atoms with Crippen molar-refractivity contribution in [2.75, 3.05) is 20.3 Å². The van der Waals surface area contributed by atoms with E-state index in [2.05, 4.69) is 78.5 Å². The summed E-state index contributed by atoms with van der Waals surface area (Å²) in [6.07, 6.45) is 2.60. The zero-order valence-electron chi connectivity index (χ0n) is 21.7. The van der Waals surface area contributed by atoms with E-state index in [1.165, 1.54) is 10.9 Å². The van der Waals surface area contributed by atoms with Gasteiger partial charge in [-0.15, -0.1) is 0 Å². The van der Waals surface area contributed by atoms with Crippen LogP contribution in [0.25, 0.3) is 10.9 Å². The Morgan fingerprint density at radius 2 is 1.64 bits per heavy atom. The molecule has 5 heteroatoms. The van der Waals surface area contributed by atoms with E-state index in [0.717, 1.165) is 34.7 Å². The van der Waals surface area contributed by atoms with Crippen molar-refractivity contribution in [1.29, 1.82) is 0 Å². The lowest BCUT2D eigenvalue weighted by molar-refractivity contribution is -0.121. The van der Waals surface area contributed by atoms with Crippen molar-refractivity contribution in [3.8, 4) is 11.5 Å². The normalized spacial score (nSPS) is 12.0. The Morgan fingerprint density at radius 1 is 0.944 bits per heavy atom. The molecule has 5 nitrogen and oxygen atoms in total. The molecule has 3 aromatic carbocycles. The van der Waals surface area contributed by atoms with Crippen LogP contribution in [0, 0.1) is 5.92 Å². The van der Waals surface area contributed by atoms with E-state index in [0.29, 0.717) is 25.5 Å². The van der Waals surface area contributed by atoms with Gasteiger partial charge in [0.1, 0.15) is 11.5 Å². The highest BCUT2D eigenvalue weighted by atomic mass is 16.5. The van der Waals surface area contributed by atoms with Gasteiger partial charge in [0, 0.05) is 42.5 Å². The molecule has 0 fully saturated rings. The van der Waals surface area contributed by atoms with Gasteiger partial charge < -0.3 is 19.4 Å². The molecule has 0 aliphatic carbocycles. The van der Waals surface area contributed by atoms with E-state index in [4.69, 9.17) is 9.47 Å². The molecular weight excluding hydrogens is 448 g/mol. The summed E-state index contributed by atoms with van der Waals surface area (Å²) in [6.45, 7) is 8.23. The third-order valence-electron chi connectivity index (χ3n) is 6.40. The summed E-state index contributed by atoms with van der Waals surface area (Å²) in [7, 11) is 1.68. The average molecular weight is 485 g/mol. The number of nitrogens with one attached hydrogen (secondary N) is 1. The topological polar surface area (TPSA) is 52.5 Å².